The van der Waals surface area contributed by atoms with Crippen molar-refractivity contribution in [3.8, 4) is 5.69 Å². The molecule has 0 aliphatic heterocycles. The summed E-state index contributed by atoms with van der Waals surface area (Å²) in [6, 6.07) is 9.16. The lowest BCUT2D eigenvalue weighted by atomic mass is 9.99. The van der Waals surface area contributed by atoms with Crippen LogP contribution in [0.3, 0.4) is 0 Å². The molecule has 1 heterocycles. The predicted octanol–water partition coefficient (Wildman–Crippen LogP) is 4.10. The normalized spacial score (nSPS) is 17.6. The Labute approximate surface area is 127 Å². The molecule has 1 N–H and O–H groups in total. The van der Waals surface area contributed by atoms with Crippen LogP contribution in [0.25, 0.3) is 5.69 Å². The van der Waals surface area contributed by atoms with Crippen molar-refractivity contribution in [3.05, 3.63) is 48.5 Å². The minimum atomic E-state index is 0.413. The lowest BCUT2D eigenvalue weighted by molar-refractivity contribution is 0.397. The fourth-order valence-corrected chi connectivity index (χ4v) is 3.06. The molecule has 1 aromatic carbocycles. The molecule has 1 aliphatic carbocycles. The molecule has 1 atom stereocenters. The van der Waals surface area contributed by atoms with Gasteiger partial charge in [-0.15, -0.1) is 0 Å². The monoisotopic (exact) mass is 283 g/mol. The maximum atomic E-state index is 4.09. The van der Waals surface area contributed by atoms with Gasteiger partial charge in [-0.2, -0.15) is 0 Å². The minimum Gasteiger partial charge on any atom is -0.310 e. The molecule has 3 heteroatoms. The van der Waals surface area contributed by atoms with E-state index < -0.39 is 0 Å². The van der Waals surface area contributed by atoms with Crippen molar-refractivity contribution in [3.63, 3.8) is 0 Å². The van der Waals surface area contributed by atoms with Gasteiger partial charge < -0.3 is 9.88 Å². The summed E-state index contributed by atoms with van der Waals surface area (Å²) in [6.07, 6.45) is 11.1. The van der Waals surface area contributed by atoms with Crippen molar-refractivity contribution >= 4 is 0 Å². The van der Waals surface area contributed by atoms with Crippen LogP contribution < -0.4 is 5.32 Å². The molecule has 21 heavy (non-hydrogen) atoms. The van der Waals surface area contributed by atoms with Crippen molar-refractivity contribution in [2.45, 2.75) is 45.6 Å². The molecular weight excluding hydrogens is 258 g/mol. The van der Waals surface area contributed by atoms with Crippen molar-refractivity contribution in [1.82, 2.24) is 14.9 Å². The van der Waals surface area contributed by atoms with Gasteiger partial charge in [0.1, 0.15) is 0 Å². The Morgan fingerprint density at radius 3 is 2.62 bits per heavy atom. The fraction of sp³-hybridized carbons (Fsp3) is 0.500. The van der Waals surface area contributed by atoms with E-state index in [1.54, 1.807) is 6.20 Å². The number of nitrogens with zero attached hydrogens (tertiary/aromatic N) is 2. The van der Waals surface area contributed by atoms with Gasteiger partial charge in [-0.25, -0.2) is 4.98 Å². The van der Waals surface area contributed by atoms with Crippen LogP contribution in [0.4, 0.5) is 0 Å². The van der Waals surface area contributed by atoms with E-state index >= 15 is 0 Å². The summed E-state index contributed by atoms with van der Waals surface area (Å²) in [5.41, 5.74) is 3.12. The number of aromatic nitrogens is 2. The number of imidazole rings is 1. The number of nitrogens with one attached hydrogen (secondary N) is 1. The summed E-state index contributed by atoms with van der Waals surface area (Å²) < 4.78 is 2.03. The quantitative estimate of drug-likeness (QED) is 0.829. The standard InChI is InChI=1S/C18H25N3/c1-3-8-18(9-10-18)13-20-15(2)16-4-6-17(7-5-16)21-12-11-19-14-21/h4-7,11-12,14-15,20H,3,8-10,13H2,1-2H3. The predicted molar refractivity (Wildman–Crippen MR) is 86.6 cm³/mol. The molecule has 2 aromatic rings. The van der Waals surface area contributed by atoms with E-state index in [1.807, 2.05) is 17.1 Å². The second-order valence-corrected chi connectivity index (χ2v) is 6.41. The third-order valence-electron chi connectivity index (χ3n) is 4.72. The first-order chi connectivity index (χ1) is 10.2. The first-order valence-electron chi connectivity index (χ1n) is 8.04. The zero-order valence-electron chi connectivity index (χ0n) is 13.0. The Hall–Kier alpha value is -1.61. The highest BCUT2D eigenvalue weighted by Crippen LogP contribution is 2.49. The Kier molecular flexibility index (Phi) is 4.11. The molecule has 0 saturated heterocycles. The summed E-state index contributed by atoms with van der Waals surface area (Å²) in [7, 11) is 0. The summed E-state index contributed by atoms with van der Waals surface area (Å²) in [5.74, 6) is 0. The van der Waals surface area contributed by atoms with Crippen molar-refractivity contribution < 1.29 is 0 Å². The van der Waals surface area contributed by atoms with Crippen LogP contribution in [0, 0.1) is 5.41 Å². The van der Waals surface area contributed by atoms with Crippen LogP contribution in [-0.4, -0.2) is 16.1 Å². The number of hydrogen-bond acceptors (Lipinski definition) is 2. The molecule has 1 aromatic heterocycles. The minimum absolute atomic E-state index is 0.413. The Bertz CT molecular complexity index is 553. The third-order valence-corrected chi connectivity index (χ3v) is 4.72. The molecule has 1 unspecified atom stereocenters. The zero-order chi connectivity index (χ0) is 14.7. The first-order valence-corrected chi connectivity index (χ1v) is 8.04. The van der Waals surface area contributed by atoms with E-state index in [-0.39, 0.29) is 0 Å². The Balaban J connectivity index is 1.59. The van der Waals surface area contributed by atoms with Crippen LogP contribution in [0.15, 0.2) is 43.0 Å². The number of benzene rings is 1. The van der Waals surface area contributed by atoms with Crippen molar-refractivity contribution in [2.75, 3.05) is 6.54 Å². The second-order valence-electron chi connectivity index (χ2n) is 6.41. The highest BCUT2D eigenvalue weighted by Gasteiger charge is 2.41. The zero-order valence-corrected chi connectivity index (χ0v) is 13.0. The average molecular weight is 283 g/mol. The van der Waals surface area contributed by atoms with Crippen LogP contribution in [-0.2, 0) is 0 Å². The van der Waals surface area contributed by atoms with Gasteiger partial charge in [-0.05, 0) is 49.3 Å². The van der Waals surface area contributed by atoms with Gasteiger partial charge in [0.15, 0.2) is 0 Å². The molecule has 3 rings (SSSR count). The van der Waals surface area contributed by atoms with Gasteiger partial charge in [0.25, 0.3) is 0 Å². The third kappa shape index (κ3) is 3.35. The van der Waals surface area contributed by atoms with E-state index in [9.17, 15) is 0 Å². The maximum absolute atomic E-state index is 4.09. The lowest BCUT2D eigenvalue weighted by Crippen LogP contribution is -2.26. The molecule has 0 amide bonds. The van der Waals surface area contributed by atoms with Gasteiger partial charge in [-0.1, -0.05) is 25.5 Å². The molecule has 0 spiro atoms. The average Bonchev–Trinajstić information content (AvgIpc) is 3.06. The molecule has 3 nitrogen and oxygen atoms in total. The Morgan fingerprint density at radius 2 is 2.05 bits per heavy atom. The van der Waals surface area contributed by atoms with Gasteiger partial charge >= 0.3 is 0 Å². The number of hydrogen-bond donors (Lipinski definition) is 1. The lowest BCUT2D eigenvalue weighted by Gasteiger charge is -2.20. The Morgan fingerprint density at radius 1 is 1.29 bits per heavy atom. The van der Waals surface area contributed by atoms with E-state index in [4.69, 9.17) is 0 Å². The molecule has 1 aliphatic rings. The second kappa shape index (κ2) is 6.02. The van der Waals surface area contributed by atoms with E-state index in [0.717, 1.165) is 12.2 Å². The first kappa shape index (κ1) is 14.3. The van der Waals surface area contributed by atoms with E-state index in [1.165, 1.54) is 31.2 Å². The van der Waals surface area contributed by atoms with E-state index in [0.29, 0.717) is 11.5 Å². The van der Waals surface area contributed by atoms with Crippen LogP contribution in [0.2, 0.25) is 0 Å². The summed E-state index contributed by atoms with van der Waals surface area (Å²) in [6.45, 7) is 5.71. The topological polar surface area (TPSA) is 29.9 Å². The van der Waals surface area contributed by atoms with Gasteiger partial charge in [0, 0.05) is 30.7 Å². The van der Waals surface area contributed by atoms with Crippen LogP contribution in [0.5, 0.6) is 0 Å². The molecular formula is C18H25N3. The number of rotatable bonds is 7. The molecule has 0 radical (unpaired) electrons. The highest BCUT2D eigenvalue weighted by molar-refractivity contribution is 5.35. The van der Waals surface area contributed by atoms with Crippen LogP contribution in [0.1, 0.15) is 51.1 Å². The molecule has 0 bridgehead atoms. The maximum Gasteiger partial charge on any atom is 0.0991 e. The fourth-order valence-electron chi connectivity index (χ4n) is 3.06. The molecule has 112 valence electrons. The van der Waals surface area contributed by atoms with Crippen molar-refractivity contribution in [1.29, 1.82) is 0 Å². The van der Waals surface area contributed by atoms with Gasteiger partial charge in [0.05, 0.1) is 6.33 Å². The van der Waals surface area contributed by atoms with Crippen LogP contribution >= 0.6 is 0 Å². The molecule has 1 saturated carbocycles. The van der Waals surface area contributed by atoms with Gasteiger partial charge in [-0.3, -0.25) is 0 Å². The molecule has 1 fully saturated rings. The van der Waals surface area contributed by atoms with E-state index in [2.05, 4.69) is 48.4 Å². The smallest absolute Gasteiger partial charge is 0.0991 e. The largest absolute Gasteiger partial charge is 0.310 e. The van der Waals surface area contributed by atoms with Crippen molar-refractivity contribution in [2.24, 2.45) is 5.41 Å². The van der Waals surface area contributed by atoms with Gasteiger partial charge in [0.2, 0.25) is 0 Å². The summed E-state index contributed by atoms with van der Waals surface area (Å²) >= 11 is 0. The SMILES string of the molecule is CCCC1(CNC(C)c2ccc(-n3ccnc3)cc2)CC1. The highest BCUT2D eigenvalue weighted by atomic mass is 15.0. The summed E-state index contributed by atoms with van der Waals surface area (Å²) in [5, 5.41) is 3.72. The summed E-state index contributed by atoms with van der Waals surface area (Å²) in [4.78, 5) is 4.09.